The molecule has 21 heavy (non-hydrogen) atoms. The summed E-state index contributed by atoms with van der Waals surface area (Å²) in [4.78, 5) is 12.1. The average Bonchev–Trinajstić information content (AvgIpc) is 2.54. The predicted molar refractivity (Wildman–Crippen MR) is 84.7 cm³/mol. The molecule has 0 aliphatic carbocycles. The number of carbonyl (C=O) groups is 1. The summed E-state index contributed by atoms with van der Waals surface area (Å²) < 4.78 is 5.71. The fourth-order valence-corrected chi connectivity index (χ4v) is 2.44. The molecule has 2 unspecified atom stereocenters. The van der Waals surface area contributed by atoms with Crippen LogP contribution in [-0.2, 0) is 0 Å². The fraction of sp³-hybridized carbons (Fsp3) is 0.588. The molecule has 4 nitrogen and oxygen atoms in total. The zero-order valence-corrected chi connectivity index (χ0v) is 13.0. The Morgan fingerprint density at radius 1 is 1.43 bits per heavy atom. The summed E-state index contributed by atoms with van der Waals surface area (Å²) in [6, 6.07) is 7.38. The predicted octanol–water partition coefficient (Wildman–Crippen LogP) is 2.59. The van der Waals surface area contributed by atoms with Crippen LogP contribution in [0, 0.1) is 5.92 Å². The van der Waals surface area contributed by atoms with Crippen molar-refractivity contribution in [3.8, 4) is 5.75 Å². The molecule has 2 N–H and O–H groups in total. The second kappa shape index (κ2) is 8.03. The van der Waals surface area contributed by atoms with Crippen LogP contribution in [0.1, 0.15) is 43.5 Å². The van der Waals surface area contributed by atoms with Gasteiger partial charge in [0.1, 0.15) is 5.75 Å². The summed E-state index contributed by atoms with van der Waals surface area (Å²) >= 11 is 0. The summed E-state index contributed by atoms with van der Waals surface area (Å²) in [5.74, 6) is 1.36. The van der Waals surface area contributed by atoms with Crippen molar-refractivity contribution in [2.75, 3.05) is 19.6 Å². The van der Waals surface area contributed by atoms with Gasteiger partial charge < -0.3 is 15.4 Å². The van der Waals surface area contributed by atoms with E-state index in [1.54, 1.807) is 0 Å². The zero-order chi connectivity index (χ0) is 15.1. The first-order valence-corrected chi connectivity index (χ1v) is 7.94. The van der Waals surface area contributed by atoms with Gasteiger partial charge in [-0.05, 0) is 69.5 Å². The summed E-state index contributed by atoms with van der Waals surface area (Å²) in [5.41, 5.74) is 0.690. The zero-order valence-electron chi connectivity index (χ0n) is 13.0. The van der Waals surface area contributed by atoms with E-state index in [0.717, 1.165) is 31.8 Å². The van der Waals surface area contributed by atoms with Gasteiger partial charge >= 0.3 is 0 Å². The molecular weight excluding hydrogens is 264 g/mol. The van der Waals surface area contributed by atoms with Gasteiger partial charge in [0.2, 0.25) is 0 Å². The van der Waals surface area contributed by atoms with E-state index in [2.05, 4.69) is 17.6 Å². The van der Waals surface area contributed by atoms with E-state index in [-0.39, 0.29) is 12.0 Å². The van der Waals surface area contributed by atoms with Crippen LogP contribution in [0.3, 0.4) is 0 Å². The van der Waals surface area contributed by atoms with E-state index < -0.39 is 0 Å². The molecule has 0 saturated carbocycles. The van der Waals surface area contributed by atoms with Gasteiger partial charge in [0.05, 0.1) is 6.10 Å². The number of ether oxygens (including phenoxy) is 1. The lowest BCUT2D eigenvalue weighted by atomic mass is 10.00. The van der Waals surface area contributed by atoms with Gasteiger partial charge in [0.15, 0.2) is 0 Å². The number of amides is 1. The third kappa shape index (κ3) is 5.05. The fourth-order valence-electron chi connectivity index (χ4n) is 2.44. The van der Waals surface area contributed by atoms with Crippen LogP contribution in [-0.4, -0.2) is 31.6 Å². The van der Waals surface area contributed by atoms with Crippen LogP contribution in [0.5, 0.6) is 5.75 Å². The largest absolute Gasteiger partial charge is 0.491 e. The number of piperidine rings is 1. The van der Waals surface area contributed by atoms with E-state index in [9.17, 15) is 4.79 Å². The van der Waals surface area contributed by atoms with Crippen molar-refractivity contribution in [1.29, 1.82) is 0 Å². The van der Waals surface area contributed by atoms with Crippen LogP contribution in [0.25, 0.3) is 0 Å². The van der Waals surface area contributed by atoms with Gasteiger partial charge in [0.25, 0.3) is 5.91 Å². The Labute approximate surface area is 127 Å². The number of hydrogen-bond acceptors (Lipinski definition) is 3. The Kier molecular flexibility index (Phi) is 6.05. The Morgan fingerprint density at radius 2 is 2.19 bits per heavy atom. The van der Waals surface area contributed by atoms with Gasteiger partial charge in [-0.2, -0.15) is 0 Å². The molecule has 1 saturated heterocycles. The normalized spacial score (nSPS) is 19.8. The van der Waals surface area contributed by atoms with Crippen LogP contribution < -0.4 is 15.4 Å². The molecule has 1 aliphatic rings. The Morgan fingerprint density at radius 3 is 2.81 bits per heavy atom. The smallest absolute Gasteiger partial charge is 0.251 e. The lowest BCUT2D eigenvalue weighted by Gasteiger charge is -2.22. The highest BCUT2D eigenvalue weighted by Crippen LogP contribution is 2.15. The van der Waals surface area contributed by atoms with Gasteiger partial charge in [0, 0.05) is 12.1 Å². The summed E-state index contributed by atoms with van der Waals surface area (Å²) in [7, 11) is 0. The lowest BCUT2D eigenvalue weighted by Crippen LogP contribution is -2.38. The first-order chi connectivity index (χ1) is 10.2. The van der Waals surface area contributed by atoms with E-state index >= 15 is 0 Å². The van der Waals surface area contributed by atoms with Gasteiger partial charge in [-0.1, -0.05) is 6.92 Å². The van der Waals surface area contributed by atoms with Crippen molar-refractivity contribution in [1.82, 2.24) is 10.6 Å². The number of rotatable bonds is 6. The molecule has 0 aromatic heterocycles. The van der Waals surface area contributed by atoms with Crippen LogP contribution in [0.2, 0.25) is 0 Å². The van der Waals surface area contributed by atoms with Crippen LogP contribution >= 0.6 is 0 Å². The molecule has 2 atom stereocenters. The minimum atomic E-state index is -0.00402. The maximum absolute atomic E-state index is 12.1. The number of benzene rings is 1. The number of hydrogen-bond donors (Lipinski definition) is 2. The first-order valence-electron chi connectivity index (χ1n) is 7.94. The van der Waals surface area contributed by atoms with Crippen LogP contribution in [0.15, 0.2) is 24.3 Å². The van der Waals surface area contributed by atoms with E-state index in [1.807, 2.05) is 31.2 Å². The Bertz CT molecular complexity index is 439. The molecule has 4 heteroatoms. The lowest BCUT2D eigenvalue weighted by molar-refractivity contribution is 0.0945. The van der Waals surface area contributed by atoms with Crippen molar-refractivity contribution < 1.29 is 9.53 Å². The molecular formula is C17H26N2O2. The molecule has 2 rings (SSSR count). The molecule has 1 fully saturated rings. The van der Waals surface area contributed by atoms with Gasteiger partial charge in [-0.3, -0.25) is 4.79 Å². The highest BCUT2D eigenvalue weighted by atomic mass is 16.5. The SMILES string of the molecule is CCC(C)Oc1ccc(C(=O)NCC2CCCNC2)cc1. The molecule has 1 amide bonds. The third-order valence-electron chi connectivity index (χ3n) is 3.98. The minimum absolute atomic E-state index is 0.00402. The average molecular weight is 290 g/mol. The highest BCUT2D eigenvalue weighted by molar-refractivity contribution is 5.94. The number of nitrogens with one attached hydrogen (secondary N) is 2. The molecule has 116 valence electrons. The Balaban J connectivity index is 1.81. The molecule has 0 radical (unpaired) electrons. The first kappa shape index (κ1) is 15.8. The van der Waals surface area contributed by atoms with E-state index in [4.69, 9.17) is 4.74 Å². The summed E-state index contributed by atoms with van der Waals surface area (Å²) in [6.07, 6.45) is 3.55. The second-order valence-corrected chi connectivity index (χ2v) is 5.78. The maximum Gasteiger partial charge on any atom is 0.251 e. The van der Waals surface area contributed by atoms with E-state index in [1.165, 1.54) is 12.8 Å². The quantitative estimate of drug-likeness (QED) is 0.846. The topological polar surface area (TPSA) is 50.4 Å². The van der Waals surface area contributed by atoms with Crippen molar-refractivity contribution >= 4 is 5.91 Å². The van der Waals surface area contributed by atoms with Gasteiger partial charge in [-0.25, -0.2) is 0 Å². The van der Waals surface area contributed by atoms with Crippen LogP contribution in [0.4, 0.5) is 0 Å². The standard InChI is InChI=1S/C17H26N2O2/c1-3-13(2)21-16-8-6-15(7-9-16)17(20)19-12-14-5-4-10-18-11-14/h6-9,13-14,18H,3-5,10-12H2,1-2H3,(H,19,20). The number of carbonyl (C=O) groups excluding carboxylic acids is 1. The summed E-state index contributed by atoms with van der Waals surface area (Å²) in [6.45, 7) is 6.98. The Hall–Kier alpha value is -1.55. The van der Waals surface area contributed by atoms with Gasteiger partial charge in [-0.15, -0.1) is 0 Å². The minimum Gasteiger partial charge on any atom is -0.491 e. The summed E-state index contributed by atoms with van der Waals surface area (Å²) in [5, 5.41) is 6.38. The highest BCUT2D eigenvalue weighted by Gasteiger charge is 2.14. The molecule has 1 heterocycles. The second-order valence-electron chi connectivity index (χ2n) is 5.78. The molecule has 0 bridgehead atoms. The van der Waals surface area contributed by atoms with Crippen molar-refractivity contribution in [2.45, 2.75) is 39.2 Å². The third-order valence-corrected chi connectivity index (χ3v) is 3.98. The van der Waals surface area contributed by atoms with Crippen molar-refractivity contribution in [3.63, 3.8) is 0 Å². The molecule has 0 spiro atoms. The van der Waals surface area contributed by atoms with E-state index in [0.29, 0.717) is 11.5 Å². The molecule has 1 aromatic carbocycles. The maximum atomic E-state index is 12.1. The monoisotopic (exact) mass is 290 g/mol. The molecule has 1 aromatic rings. The van der Waals surface area contributed by atoms with Crippen molar-refractivity contribution in [2.24, 2.45) is 5.92 Å². The van der Waals surface area contributed by atoms with Crippen molar-refractivity contribution in [3.05, 3.63) is 29.8 Å². The molecule has 1 aliphatic heterocycles.